The zero-order valence-corrected chi connectivity index (χ0v) is 19.1. The molecule has 1 aliphatic heterocycles. The summed E-state index contributed by atoms with van der Waals surface area (Å²) in [6.45, 7) is 7.71. The second-order valence-electron chi connectivity index (χ2n) is 8.67. The average molecular weight is 470 g/mol. The number of nitro groups is 1. The maximum atomic E-state index is 12.9. The number of nitrogens with zero attached hydrogens (tertiary/aromatic N) is 6. The Morgan fingerprint density at radius 1 is 1.35 bits per heavy atom. The van der Waals surface area contributed by atoms with Crippen LogP contribution in [0.3, 0.4) is 0 Å². The maximum Gasteiger partial charge on any atom is 0.294 e. The third-order valence-corrected chi connectivity index (χ3v) is 5.55. The lowest BCUT2D eigenvalue weighted by molar-refractivity contribution is -0.384. The lowest BCUT2D eigenvalue weighted by atomic mass is 10.2. The molecule has 12 heteroatoms. The number of para-hydroxylation sites is 2. The molecular formula is C22H27N7O5. The van der Waals surface area contributed by atoms with Crippen LogP contribution in [0.15, 0.2) is 41.6 Å². The van der Waals surface area contributed by atoms with Crippen molar-refractivity contribution < 1.29 is 14.5 Å². The van der Waals surface area contributed by atoms with Gasteiger partial charge in [-0.1, -0.05) is 26.0 Å². The second kappa shape index (κ2) is 10.1. The van der Waals surface area contributed by atoms with Gasteiger partial charge in [-0.25, -0.2) is 9.67 Å². The number of carbonyl (C=O) groups is 1. The first kappa shape index (κ1) is 23.5. The number of morpholine rings is 1. The van der Waals surface area contributed by atoms with Crippen LogP contribution >= 0.6 is 0 Å². The molecule has 1 aromatic carbocycles. The molecule has 1 amide bonds. The fourth-order valence-electron chi connectivity index (χ4n) is 4.06. The number of nitro benzene ring substituents is 1. The van der Waals surface area contributed by atoms with Gasteiger partial charge in [-0.05, 0) is 12.0 Å². The summed E-state index contributed by atoms with van der Waals surface area (Å²) in [6, 6.07) is 6.07. The highest BCUT2D eigenvalue weighted by Crippen LogP contribution is 2.23. The third-order valence-electron chi connectivity index (χ3n) is 5.55. The number of benzene rings is 1. The minimum atomic E-state index is -0.521. The van der Waals surface area contributed by atoms with Gasteiger partial charge in [0.05, 0.1) is 23.8 Å². The molecular weight excluding hydrogens is 442 g/mol. The molecule has 0 bridgehead atoms. The van der Waals surface area contributed by atoms with Crippen LogP contribution in [-0.2, 0) is 16.1 Å². The number of rotatable bonds is 8. The number of nitrogens with one attached hydrogen (secondary N) is 1. The normalized spacial score (nSPS) is 16.7. The van der Waals surface area contributed by atoms with Crippen molar-refractivity contribution in [3.8, 4) is 5.69 Å². The summed E-state index contributed by atoms with van der Waals surface area (Å²) in [5.41, 5.74) is -0.238. The van der Waals surface area contributed by atoms with E-state index in [2.05, 4.69) is 34.1 Å². The van der Waals surface area contributed by atoms with Gasteiger partial charge in [0.15, 0.2) is 5.65 Å². The monoisotopic (exact) mass is 469 g/mol. The number of hydrogen-bond donors (Lipinski definition) is 1. The highest BCUT2D eigenvalue weighted by Gasteiger charge is 2.22. The van der Waals surface area contributed by atoms with Gasteiger partial charge in [-0.15, -0.1) is 0 Å². The lowest BCUT2D eigenvalue weighted by Crippen LogP contribution is -2.48. The molecule has 1 atom stereocenters. The standard InChI is InChI=1S/C22H27N7O5/c1-15(2)11-26-7-8-34-16(12-26)9-23-20(30)13-27-14-24-21-17(22(27)31)10-25-28(21)18-5-3-4-6-19(18)29(32)33/h3-6,10,14-16H,7-9,11-13H2,1-2H3,(H,23,30). The molecule has 34 heavy (non-hydrogen) atoms. The van der Waals surface area contributed by atoms with Gasteiger partial charge >= 0.3 is 0 Å². The van der Waals surface area contributed by atoms with E-state index in [-0.39, 0.29) is 41.0 Å². The quantitative estimate of drug-likeness (QED) is 0.380. The Hall–Kier alpha value is -3.64. The zero-order chi connectivity index (χ0) is 24.2. The Morgan fingerprint density at radius 3 is 2.91 bits per heavy atom. The zero-order valence-electron chi connectivity index (χ0n) is 19.1. The van der Waals surface area contributed by atoms with E-state index in [1.165, 1.54) is 33.9 Å². The highest BCUT2D eigenvalue weighted by atomic mass is 16.6. The Kier molecular flexibility index (Phi) is 6.98. The SMILES string of the molecule is CC(C)CN1CCOC(CNC(=O)Cn2cnc3c(cnn3-c3ccccc3[N+](=O)[O-])c2=O)C1. The molecule has 12 nitrogen and oxygen atoms in total. The van der Waals surface area contributed by atoms with Gasteiger partial charge in [-0.3, -0.25) is 29.2 Å². The van der Waals surface area contributed by atoms with Crippen LogP contribution in [0, 0.1) is 16.0 Å². The fraction of sp³-hybridized carbons (Fsp3) is 0.455. The molecule has 180 valence electrons. The first-order chi connectivity index (χ1) is 16.3. The van der Waals surface area contributed by atoms with E-state index in [0.717, 1.165) is 19.6 Å². The molecule has 3 aromatic rings. The van der Waals surface area contributed by atoms with Crippen LogP contribution in [0.25, 0.3) is 16.7 Å². The van der Waals surface area contributed by atoms with E-state index in [4.69, 9.17) is 4.74 Å². The molecule has 2 aromatic heterocycles. The van der Waals surface area contributed by atoms with Crippen LogP contribution in [-0.4, -0.2) is 74.0 Å². The molecule has 4 rings (SSSR count). The summed E-state index contributed by atoms with van der Waals surface area (Å²) >= 11 is 0. The number of hydrogen-bond acceptors (Lipinski definition) is 8. The number of carbonyl (C=O) groups excluding carboxylic acids is 1. The summed E-state index contributed by atoms with van der Waals surface area (Å²) in [6.07, 6.45) is 2.45. The first-order valence-corrected chi connectivity index (χ1v) is 11.1. The maximum absolute atomic E-state index is 12.9. The van der Waals surface area contributed by atoms with Crippen molar-refractivity contribution >= 4 is 22.6 Å². The number of fused-ring (bicyclic) bond motifs is 1. The Bertz CT molecular complexity index is 1250. The Labute approximate surface area is 195 Å². The van der Waals surface area contributed by atoms with Crippen molar-refractivity contribution in [1.29, 1.82) is 0 Å². The molecule has 1 fully saturated rings. The summed E-state index contributed by atoms with van der Waals surface area (Å²) in [5, 5.41) is 18.5. The third kappa shape index (κ3) is 5.13. The van der Waals surface area contributed by atoms with E-state index in [0.29, 0.717) is 19.1 Å². The van der Waals surface area contributed by atoms with Crippen molar-refractivity contribution in [3.05, 3.63) is 57.3 Å². The van der Waals surface area contributed by atoms with E-state index >= 15 is 0 Å². The molecule has 0 radical (unpaired) electrons. The predicted molar refractivity (Wildman–Crippen MR) is 124 cm³/mol. The van der Waals surface area contributed by atoms with Crippen LogP contribution in [0.5, 0.6) is 0 Å². The highest BCUT2D eigenvalue weighted by molar-refractivity contribution is 5.78. The molecule has 3 heterocycles. The number of aromatic nitrogens is 4. The van der Waals surface area contributed by atoms with Gasteiger partial charge in [0.2, 0.25) is 5.91 Å². The van der Waals surface area contributed by atoms with Crippen molar-refractivity contribution in [3.63, 3.8) is 0 Å². The molecule has 0 saturated carbocycles. The van der Waals surface area contributed by atoms with Crippen LogP contribution in [0.2, 0.25) is 0 Å². The predicted octanol–water partition coefficient (Wildman–Crippen LogP) is 0.963. The molecule has 0 aliphatic carbocycles. The number of amides is 1. The molecule has 0 spiro atoms. The van der Waals surface area contributed by atoms with Gasteiger partial charge < -0.3 is 10.1 Å². The molecule has 1 unspecified atom stereocenters. The van der Waals surface area contributed by atoms with Crippen molar-refractivity contribution in [2.75, 3.05) is 32.8 Å². The van der Waals surface area contributed by atoms with Crippen LogP contribution in [0.4, 0.5) is 5.69 Å². The first-order valence-electron chi connectivity index (χ1n) is 11.1. The Morgan fingerprint density at radius 2 is 2.15 bits per heavy atom. The van der Waals surface area contributed by atoms with E-state index in [1.54, 1.807) is 12.1 Å². The second-order valence-corrected chi connectivity index (χ2v) is 8.67. The van der Waals surface area contributed by atoms with Crippen LogP contribution in [0.1, 0.15) is 13.8 Å². The van der Waals surface area contributed by atoms with Gasteiger partial charge in [-0.2, -0.15) is 5.10 Å². The summed E-state index contributed by atoms with van der Waals surface area (Å²) in [4.78, 5) is 42.8. The van der Waals surface area contributed by atoms with Crippen molar-refractivity contribution in [1.82, 2.24) is 29.5 Å². The van der Waals surface area contributed by atoms with Gasteiger partial charge in [0, 0.05) is 32.2 Å². The van der Waals surface area contributed by atoms with Gasteiger partial charge in [0.1, 0.15) is 23.9 Å². The van der Waals surface area contributed by atoms with Gasteiger partial charge in [0.25, 0.3) is 11.2 Å². The van der Waals surface area contributed by atoms with E-state index in [1.807, 2.05) is 0 Å². The van der Waals surface area contributed by atoms with Crippen molar-refractivity contribution in [2.45, 2.75) is 26.5 Å². The van der Waals surface area contributed by atoms with Crippen LogP contribution < -0.4 is 10.9 Å². The topological polar surface area (TPSA) is 137 Å². The minimum Gasteiger partial charge on any atom is -0.374 e. The molecule has 1 N–H and O–H groups in total. The van der Waals surface area contributed by atoms with E-state index < -0.39 is 10.5 Å². The molecule has 1 aliphatic rings. The average Bonchev–Trinajstić information content (AvgIpc) is 3.24. The Balaban J connectivity index is 1.45. The fourth-order valence-corrected chi connectivity index (χ4v) is 4.06. The van der Waals surface area contributed by atoms with Crippen molar-refractivity contribution in [2.24, 2.45) is 5.92 Å². The summed E-state index contributed by atoms with van der Waals surface area (Å²) in [5.74, 6) is 0.221. The largest absolute Gasteiger partial charge is 0.374 e. The van der Waals surface area contributed by atoms with E-state index in [9.17, 15) is 19.7 Å². The lowest BCUT2D eigenvalue weighted by Gasteiger charge is -2.33. The number of ether oxygens (including phenoxy) is 1. The minimum absolute atomic E-state index is 0.103. The summed E-state index contributed by atoms with van der Waals surface area (Å²) in [7, 11) is 0. The molecule has 1 saturated heterocycles. The smallest absolute Gasteiger partial charge is 0.294 e. The summed E-state index contributed by atoms with van der Waals surface area (Å²) < 4.78 is 8.19.